The van der Waals surface area contributed by atoms with Gasteiger partial charge in [-0.15, -0.1) is 0 Å². The van der Waals surface area contributed by atoms with Crippen LogP contribution < -0.4 is 20.9 Å². The van der Waals surface area contributed by atoms with Crippen LogP contribution in [0, 0.1) is 12.7 Å². The fourth-order valence-electron chi connectivity index (χ4n) is 3.98. The van der Waals surface area contributed by atoms with Crippen LogP contribution in [-0.4, -0.2) is 59.8 Å². The van der Waals surface area contributed by atoms with Gasteiger partial charge in [0.15, 0.2) is 5.82 Å². The molecule has 9 nitrogen and oxygen atoms in total. The Hall–Kier alpha value is -3.05. The second-order valence-corrected chi connectivity index (χ2v) is 7.52. The van der Waals surface area contributed by atoms with Crippen molar-refractivity contribution in [1.82, 2.24) is 9.97 Å². The van der Waals surface area contributed by atoms with Crippen molar-refractivity contribution in [3.05, 3.63) is 35.3 Å². The van der Waals surface area contributed by atoms with Crippen molar-refractivity contribution in [3.8, 4) is 0 Å². The van der Waals surface area contributed by atoms with E-state index in [4.69, 9.17) is 10.5 Å². The second kappa shape index (κ2) is 8.60. The highest BCUT2D eigenvalue weighted by Gasteiger charge is 2.40. The first-order valence-corrected chi connectivity index (χ1v) is 10.0. The highest BCUT2D eigenvalue weighted by atomic mass is 19.1. The van der Waals surface area contributed by atoms with Crippen LogP contribution in [-0.2, 0) is 4.74 Å². The molecule has 0 radical (unpaired) electrons. The molecule has 2 aliphatic heterocycles. The van der Waals surface area contributed by atoms with E-state index in [0.29, 0.717) is 48.8 Å². The lowest BCUT2D eigenvalue weighted by molar-refractivity contribution is 0.0691. The number of fused-ring (bicyclic) bond motifs is 1. The first-order chi connectivity index (χ1) is 14.9. The normalized spacial score (nSPS) is 18.9. The molecule has 31 heavy (non-hydrogen) atoms. The maximum absolute atomic E-state index is 14.2. The highest BCUT2D eigenvalue weighted by Crippen LogP contribution is 2.40. The number of benzene rings is 1. The summed E-state index contributed by atoms with van der Waals surface area (Å²) < 4.78 is 32.7. The summed E-state index contributed by atoms with van der Waals surface area (Å²) in [4.78, 5) is 23.4. The van der Waals surface area contributed by atoms with Crippen molar-refractivity contribution in [2.45, 2.75) is 32.2 Å². The first-order valence-electron chi connectivity index (χ1n) is 10.0. The number of halogens is 2. The van der Waals surface area contributed by atoms with Gasteiger partial charge in [-0.05, 0) is 37.5 Å². The third-order valence-electron chi connectivity index (χ3n) is 5.57. The molecule has 1 unspecified atom stereocenters. The van der Waals surface area contributed by atoms with Crippen molar-refractivity contribution < 1.29 is 23.4 Å². The average molecular weight is 434 g/mol. The maximum atomic E-state index is 14.2. The molecule has 4 rings (SSSR count). The van der Waals surface area contributed by atoms with Crippen LogP contribution in [0.2, 0.25) is 0 Å². The van der Waals surface area contributed by atoms with Crippen molar-refractivity contribution >= 4 is 29.0 Å². The maximum Gasteiger partial charge on any atom is 0.251 e. The summed E-state index contributed by atoms with van der Waals surface area (Å²) in [5, 5.41) is 13.8. The molecule has 1 aromatic carbocycles. The number of nitrogens with zero attached hydrogens (tertiary/aromatic N) is 4. The van der Waals surface area contributed by atoms with Gasteiger partial charge < -0.3 is 30.7 Å². The van der Waals surface area contributed by atoms with Crippen molar-refractivity contribution in [1.29, 1.82) is 0 Å². The molecule has 0 spiro atoms. The number of primary amides is 1. The molecule has 1 saturated heterocycles. The summed E-state index contributed by atoms with van der Waals surface area (Å²) in [6.45, 7) is 2.19. The number of nitrogens with one attached hydrogen (secondary N) is 1. The van der Waals surface area contributed by atoms with Crippen LogP contribution >= 0.6 is 0 Å². The Morgan fingerprint density at radius 1 is 1.39 bits per heavy atom. The minimum atomic E-state index is -1.06. The SMILES string of the molecule is Cc1cc(C(N)=O)c(F)cc1Nc1ncc2c(n1)N(C1CCOCC1)C(O)N2CCF. The van der Waals surface area contributed by atoms with E-state index in [1.807, 2.05) is 0 Å². The topological polar surface area (TPSA) is 117 Å². The number of carbonyl (C=O) groups is 1. The number of rotatable bonds is 6. The molecule has 1 fully saturated rings. The van der Waals surface area contributed by atoms with Crippen LogP contribution in [0.5, 0.6) is 0 Å². The molecular weight excluding hydrogens is 410 g/mol. The van der Waals surface area contributed by atoms with Gasteiger partial charge in [-0.25, -0.2) is 13.8 Å². The lowest BCUT2D eigenvalue weighted by atomic mass is 10.1. The third kappa shape index (κ3) is 3.98. The number of hydrogen-bond donors (Lipinski definition) is 3. The number of amides is 1. The number of ether oxygens (including phenoxy) is 1. The number of nitrogens with two attached hydrogens (primary N) is 1. The molecule has 0 saturated carbocycles. The van der Waals surface area contributed by atoms with Gasteiger partial charge >= 0.3 is 0 Å². The summed E-state index contributed by atoms with van der Waals surface area (Å²) in [6.07, 6.45) is 1.84. The second-order valence-electron chi connectivity index (χ2n) is 7.52. The fourth-order valence-corrected chi connectivity index (χ4v) is 3.98. The molecule has 0 bridgehead atoms. The number of hydrogen-bond acceptors (Lipinski definition) is 8. The van der Waals surface area contributed by atoms with Crippen LogP contribution in [0.3, 0.4) is 0 Å². The number of anilines is 4. The van der Waals surface area contributed by atoms with Gasteiger partial charge in [0.25, 0.3) is 5.91 Å². The van der Waals surface area contributed by atoms with Crippen LogP contribution in [0.4, 0.5) is 31.9 Å². The zero-order chi connectivity index (χ0) is 22.1. The zero-order valence-electron chi connectivity index (χ0n) is 17.0. The fraction of sp³-hybridized carbons (Fsp3) is 0.450. The standard InChI is InChI=1S/C20H24F2N6O3/c1-11-8-13(17(23)29)14(22)9-15(11)25-19-24-10-16-18(26-19)28(12-2-6-31-7-3-12)20(30)27(16)5-4-21/h8-10,12,20,30H,2-7H2,1H3,(H2,23,29)(H,24,25,26). The summed E-state index contributed by atoms with van der Waals surface area (Å²) in [5.41, 5.74) is 6.47. The molecule has 2 aromatic rings. The summed E-state index contributed by atoms with van der Waals surface area (Å²) in [5.74, 6) is -0.957. The predicted octanol–water partition coefficient (Wildman–Crippen LogP) is 1.82. The lowest BCUT2D eigenvalue weighted by Crippen LogP contribution is -2.50. The number of aryl methyl sites for hydroxylation is 1. The molecule has 4 N–H and O–H groups in total. The average Bonchev–Trinajstić information content (AvgIpc) is 3.02. The van der Waals surface area contributed by atoms with E-state index in [1.165, 1.54) is 17.2 Å². The molecule has 0 aliphatic carbocycles. The van der Waals surface area contributed by atoms with E-state index in [0.717, 1.165) is 6.07 Å². The molecular formula is C20H24F2N6O3. The van der Waals surface area contributed by atoms with Gasteiger partial charge in [0.05, 0.1) is 18.3 Å². The van der Waals surface area contributed by atoms with E-state index in [1.54, 1.807) is 11.8 Å². The number of alkyl halides is 1. The quantitative estimate of drug-likeness (QED) is 0.630. The minimum Gasteiger partial charge on any atom is -0.381 e. The van der Waals surface area contributed by atoms with Crippen LogP contribution in [0.15, 0.2) is 18.3 Å². The van der Waals surface area contributed by atoms with Crippen molar-refractivity contribution in [2.24, 2.45) is 5.73 Å². The minimum absolute atomic E-state index is 0.00290. The zero-order valence-corrected chi connectivity index (χ0v) is 17.0. The molecule has 1 atom stereocenters. The summed E-state index contributed by atoms with van der Waals surface area (Å²) in [6, 6.07) is 2.49. The number of aliphatic hydroxyl groups excluding tert-OH is 1. The van der Waals surface area contributed by atoms with Crippen LogP contribution in [0.1, 0.15) is 28.8 Å². The van der Waals surface area contributed by atoms with Gasteiger partial charge in [-0.1, -0.05) is 0 Å². The van der Waals surface area contributed by atoms with E-state index in [-0.39, 0.29) is 24.1 Å². The van der Waals surface area contributed by atoms with Crippen LogP contribution in [0.25, 0.3) is 0 Å². The van der Waals surface area contributed by atoms with E-state index in [2.05, 4.69) is 15.3 Å². The van der Waals surface area contributed by atoms with Gasteiger partial charge in [-0.2, -0.15) is 4.98 Å². The Labute approximate surface area is 177 Å². The number of aliphatic hydroxyl groups is 1. The van der Waals surface area contributed by atoms with Crippen molar-refractivity contribution in [2.75, 3.05) is 41.5 Å². The molecule has 3 heterocycles. The summed E-state index contributed by atoms with van der Waals surface area (Å²) >= 11 is 0. The molecule has 166 valence electrons. The monoisotopic (exact) mass is 434 g/mol. The predicted molar refractivity (Wildman–Crippen MR) is 111 cm³/mol. The Morgan fingerprint density at radius 2 is 2.13 bits per heavy atom. The van der Waals surface area contributed by atoms with Gasteiger partial charge in [0.1, 0.15) is 18.2 Å². The Morgan fingerprint density at radius 3 is 2.81 bits per heavy atom. The van der Waals surface area contributed by atoms with E-state index < -0.39 is 24.8 Å². The molecule has 11 heteroatoms. The molecule has 1 amide bonds. The van der Waals surface area contributed by atoms with Gasteiger partial charge in [0, 0.05) is 24.9 Å². The molecule has 2 aliphatic rings. The van der Waals surface area contributed by atoms with E-state index in [9.17, 15) is 18.7 Å². The lowest BCUT2D eigenvalue weighted by Gasteiger charge is -2.35. The third-order valence-corrected chi connectivity index (χ3v) is 5.57. The highest BCUT2D eigenvalue weighted by molar-refractivity contribution is 5.94. The largest absolute Gasteiger partial charge is 0.381 e. The van der Waals surface area contributed by atoms with Crippen molar-refractivity contribution in [3.63, 3.8) is 0 Å². The summed E-state index contributed by atoms with van der Waals surface area (Å²) in [7, 11) is 0. The molecule has 1 aromatic heterocycles. The van der Waals surface area contributed by atoms with E-state index >= 15 is 0 Å². The van der Waals surface area contributed by atoms with Gasteiger partial charge in [0.2, 0.25) is 12.3 Å². The smallest absolute Gasteiger partial charge is 0.251 e. The first kappa shape index (κ1) is 21.2. The van der Waals surface area contributed by atoms with Gasteiger partial charge in [-0.3, -0.25) is 4.79 Å². The Bertz CT molecular complexity index is 986. The number of aromatic nitrogens is 2. The number of carbonyl (C=O) groups excluding carboxylic acids is 1. The Kier molecular flexibility index (Phi) is 5.88. The Balaban J connectivity index is 1.67.